The molecule has 0 fully saturated rings. The third-order valence-electron chi connectivity index (χ3n) is 2.77. The Morgan fingerprint density at radius 2 is 1.43 bits per heavy atom. The molecule has 0 spiro atoms. The van der Waals surface area contributed by atoms with E-state index < -0.39 is 0 Å². The summed E-state index contributed by atoms with van der Waals surface area (Å²) in [6.07, 6.45) is 0.756. The van der Waals surface area contributed by atoms with Crippen LogP contribution in [0.25, 0.3) is 0 Å². The van der Waals surface area contributed by atoms with E-state index in [4.69, 9.17) is 9.47 Å². The van der Waals surface area contributed by atoms with Gasteiger partial charge in [0.15, 0.2) is 6.61 Å². The lowest BCUT2D eigenvalue weighted by Crippen LogP contribution is -2.30. The molecule has 0 bridgehead atoms. The van der Waals surface area contributed by atoms with E-state index in [2.05, 4.69) is 5.32 Å². The van der Waals surface area contributed by atoms with E-state index in [0.717, 1.165) is 12.2 Å². The third-order valence-corrected chi connectivity index (χ3v) is 2.77. The van der Waals surface area contributed by atoms with Crippen molar-refractivity contribution in [2.75, 3.05) is 19.8 Å². The molecule has 110 valence electrons. The highest BCUT2D eigenvalue weighted by atomic mass is 16.5. The highest BCUT2D eigenvalue weighted by Gasteiger charge is 2.01. The minimum Gasteiger partial charge on any atom is -0.494 e. The minimum absolute atomic E-state index is 0.0313. The highest BCUT2D eigenvalue weighted by molar-refractivity contribution is 5.77. The van der Waals surface area contributed by atoms with Crippen molar-refractivity contribution in [1.29, 1.82) is 0 Å². The summed E-state index contributed by atoms with van der Waals surface area (Å²) in [6, 6.07) is 18.9. The van der Waals surface area contributed by atoms with E-state index in [1.807, 2.05) is 60.7 Å². The maximum atomic E-state index is 11.6. The van der Waals surface area contributed by atoms with Crippen LogP contribution in [0, 0.1) is 0 Å². The molecule has 0 saturated heterocycles. The first-order chi connectivity index (χ1) is 10.3. The molecule has 4 heteroatoms. The van der Waals surface area contributed by atoms with Crippen molar-refractivity contribution >= 4 is 5.91 Å². The van der Waals surface area contributed by atoms with Gasteiger partial charge in [0.1, 0.15) is 11.5 Å². The Labute approximate surface area is 124 Å². The lowest BCUT2D eigenvalue weighted by molar-refractivity contribution is -0.123. The average molecular weight is 285 g/mol. The molecule has 0 saturated carbocycles. The van der Waals surface area contributed by atoms with E-state index in [-0.39, 0.29) is 12.5 Å². The van der Waals surface area contributed by atoms with Gasteiger partial charge in [-0.05, 0) is 30.7 Å². The van der Waals surface area contributed by atoms with Gasteiger partial charge in [-0.2, -0.15) is 0 Å². The van der Waals surface area contributed by atoms with E-state index in [1.54, 1.807) is 0 Å². The molecule has 0 unspecified atom stereocenters. The fraction of sp³-hybridized carbons (Fsp3) is 0.235. The first-order valence-corrected chi connectivity index (χ1v) is 6.97. The lowest BCUT2D eigenvalue weighted by atomic mass is 10.3. The summed E-state index contributed by atoms with van der Waals surface area (Å²) in [5.41, 5.74) is 0. The molecule has 0 atom stereocenters. The van der Waals surface area contributed by atoms with Crippen molar-refractivity contribution in [3.63, 3.8) is 0 Å². The molecule has 0 heterocycles. The van der Waals surface area contributed by atoms with Crippen molar-refractivity contribution in [2.24, 2.45) is 0 Å². The first-order valence-electron chi connectivity index (χ1n) is 6.97. The molecule has 0 aliphatic carbocycles. The summed E-state index contributed by atoms with van der Waals surface area (Å²) >= 11 is 0. The Balaban J connectivity index is 1.53. The van der Waals surface area contributed by atoms with Crippen LogP contribution in [0.15, 0.2) is 60.7 Å². The zero-order chi connectivity index (χ0) is 14.8. The molecule has 0 aromatic heterocycles. The Morgan fingerprint density at radius 1 is 0.857 bits per heavy atom. The van der Waals surface area contributed by atoms with Gasteiger partial charge in [0.05, 0.1) is 6.61 Å². The normalized spacial score (nSPS) is 9.90. The fourth-order valence-electron chi connectivity index (χ4n) is 1.72. The lowest BCUT2D eigenvalue weighted by Gasteiger charge is -2.08. The van der Waals surface area contributed by atoms with Crippen LogP contribution in [-0.4, -0.2) is 25.7 Å². The second kappa shape index (κ2) is 8.64. The molecule has 21 heavy (non-hydrogen) atoms. The molecule has 1 amide bonds. The summed E-state index contributed by atoms with van der Waals surface area (Å²) in [4.78, 5) is 11.6. The Kier molecular flexibility index (Phi) is 6.13. The number of nitrogens with one attached hydrogen (secondary N) is 1. The maximum Gasteiger partial charge on any atom is 0.257 e. The second-order valence-corrected chi connectivity index (χ2v) is 4.47. The van der Waals surface area contributed by atoms with Crippen molar-refractivity contribution < 1.29 is 14.3 Å². The van der Waals surface area contributed by atoms with Gasteiger partial charge in [0, 0.05) is 6.54 Å². The molecule has 1 N–H and O–H groups in total. The predicted molar refractivity (Wildman–Crippen MR) is 81.5 cm³/mol. The monoisotopic (exact) mass is 285 g/mol. The summed E-state index contributed by atoms with van der Waals surface area (Å²) in [7, 11) is 0. The number of rotatable bonds is 8. The summed E-state index contributed by atoms with van der Waals surface area (Å²) in [5.74, 6) is 1.41. The van der Waals surface area contributed by atoms with Crippen molar-refractivity contribution in [3.05, 3.63) is 60.7 Å². The van der Waals surface area contributed by atoms with E-state index in [1.165, 1.54) is 0 Å². The first kappa shape index (κ1) is 14.9. The molecule has 2 rings (SSSR count). The van der Waals surface area contributed by atoms with Gasteiger partial charge in [-0.1, -0.05) is 36.4 Å². The van der Waals surface area contributed by atoms with E-state index in [0.29, 0.717) is 18.9 Å². The van der Waals surface area contributed by atoms with Crippen LogP contribution in [0.2, 0.25) is 0 Å². The number of ether oxygens (including phenoxy) is 2. The van der Waals surface area contributed by atoms with Crippen molar-refractivity contribution in [1.82, 2.24) is 5.32 Å². The SMILES string of the molecule is O=C(COc1ccccc1)NCCCOc1ccccc1. The number of benzene rings is 2. The third kappa shape index (κ3) is 5.99. The van der Waals surface area contributed by atoms with Gasteiger partial charge in [0.25, 0.3) is 5.91 Å². The predicted octanol–water partition coefficient (Wildman–Crippen LogP) is 2.65. The van der Waals surface area contributed by atoms with Crippen LogP contribution >= 0.6 is 0 Å². The number of carbonyl (C=O) groups is 1. The molecule has 0 radical (unpaired) electrons. The largest absolute Gasteiger partial charge is 0.494 e. The van der Waals surface area contributed by atoms with Crippen LogP contribution < -0.4 is 14.8 Å². The summed E-state index contributed by atoms with van der Waals surface area (Å²) in [6.45, 7) is 1.18. The van der Waals surface area contributed by atoms with Gasteiger partial charge in [-0.25, -0.2) is 0 Å². The zero-order valence-corrected chi connectivity index (χ0v) is 11.8. The molecule has 0 aliphatic rings. The second-order valence-electron chi connectivity index (χ2n) is 4.47. The van der Waals surface area contributed by atoms with Crippen LogP contribution in [0.1, 0.15) is 6.42 Å². The van der Waals surface area contributed by atoms with Gasteiger partial charge < -0.3 is 14.8 Å². The minimum atomic E-state index is -0.126. The topological polar surface area (TPSA) is 47.6 Å². The Hall–Kier alpha value is -2.49. The number of para-hydroxylation sites is 2. The number of hydrogen-bond donors (Lipinski definition) is 1. The van der Waals surface area contributed by atoms with Crippen LogP contribution in [0.5, 0.6) is 11.5 Å². The zero-order valence-electron chi connectivity index (χ0n) is 11.8. The molecule has 2 aromatic carbocycles. The molecule has 0 aliphatic heterocycles. The van der Waals surface area contributed by atoms with Gasteiger partial charge in [-0.3, -0.25) is 4.79 Å². The van der Waals surface area contributed by atoms with Crippen LogP contribution in [-0.2, 0) is 4.79 Å². The van der Waals surface area contributed by atoms with Gasteiger partial charge in [0.2, 0.25) is 0 Å². The standard InChI is InChI=1S/C17H19NO3/c19-17(14-21-16-10-5-2-6-11-16)18-12-7-13-20-15-8-3-1-4-9-15/h1-6,8-11H,7,12-14H2,(H,18,19). The Morgan fingerprint density at radius 3 is 2.05 bits per heavy atom. The molecule has 4 nitrogen and oxygen atoms in total. The Bertz CT molecular complexity index is 528. The fourth-order valence-corrected chi connectivity index (χ4v) is 1.72. The summed E-state index contributed by atoms with van der Waals surface area (Å²) in [5, 5.41) is 2.80. The van der Waals surface area contributed by atoms with Gasteiger partial charge in [-0.15, -0.1) is 0 Å². The van der Waals surface area contributed by atoms with E-state index >= 15 is 0 Å². The molecular formula is C17H19NO3. The van der Waals surface area contributed by atoms with Crippen LogP contribution in [0.4, 0.5) is 0 Å². The van der Waals surface area contributed by atoms with Gasteiger partial charge >= 0.3 is 0 Å². The highest BCUT2D eigenvalue weighted by Crippen LogP contribution is 2.08. The summed E-state index contributed by atoms with van der Waals surface area (Å²) < 4.78 is 10.9. The molecular weight excluding hydrogens is 266 g/mol. The molecule has 2 aromatic rings. The van der Waals surface area contributed by atoms with E-state index in [9.17, 15) is 4.79 Å². The van der Waals surface area contributed by atoms with Crippen molar-refractivity contribution in [3.8, 4) is 11.5 Å². The quantitative estimate of drug-likeness (QED) is 0.759. The smallest absolute Gasteiger partial charge is 0.257 e. The average Bonchev–Trinajstić information content (AvgIpc) is 2.54. The number of carbonyl (C=O) groups excluding carboxylic acids is 1. The number of hydrogen-bond acceptors (Lipinski definition) is 3. The maximum absolute atomic E-state index is 11.6. The van der Waals surface area contributed by atoms with Crippen LogP contribution in [0.3, 0.4) is 0 Å². The van der Waals surface area contributed by atoms with Crippen molar-refractivity contribution in [2.45, 2.75) is 6.42 Å². The number of amides is 1.